The minimum atomic E-state index is -0.999. The number of aromatic nitrogens is 2. The maximum absolute atomic E-state index is 12.6. The van der Waals surface area contributed by atoms with E-state index in [-0.39, 0.29) is 17.5 Å². The number of nitrogens with zero attached hydrogens (tertiary/aromatic N) is 3. The number of aromatic carboxylic acids is 1. The second-order valence-electron chi connectivity index (χ2n) is 5.91. The number of hydrogen-bond donors (Lipinski definition) is 1. The molecule has 1 amide bonds. The molecular weight excluding hydrogens is 298 g/mol. The SMILES string of the molecule is Cc1cc(C(=O)N2CCCC(n3cc(C(=O)O)cn3)C2)oc1C. The summed E-state index contributed by atoms with van der Waals surface area (Å²) < 4.78 is 7.15. The molecule has 1 N–H and O–H groups in total. The normalized spacial score (nSPS) is 18.2. The van der Waals surface area contributed by atoms with Gasteiger partial charge in [0.15, 0.2) is 5.76 Å². The quantitative estimate of drug-likeness (QED) is 0.938. The lowest BCUT2D eigenvalue weighted by Crippen LogP contribution is -2.40. The summed E-state index contributed by atoms with van der Waals surface area (Å²) in [5.41, 5.74) is 1.12. The van der Waals surface area contributed by atoms with Crippen molar-refractivity contribution in [1.29, 1.82) is 0 Å². The van der Waals surface area contributed by atoms with Gasteiger partial charge in [-0.25, -0.2) is 4.79 Å². The fraction of sp³-hybridized carbons (Fsp3) is 0.438. The van der Waals surface area contributed by atoms with Crippen molar-refractivity contribution in [3.05, 3.63) is 41.1 Å². The molecule has 7 heteroatoms. The van der Waals surface area contributed by atoms with E-state index in [0.717, 1.165) is 24.2 Å². The summed E-state index contributed by atoms with van der Waals surface area (Å²) in [6.07, 6.45) is 4.56. The predicted molar refractivity (Wildman–Crippen MR) is 81.5 cm³/mol. The molecule has 1 saturated heterocycles. The lowest BCUT2D eigenvalue weighted by molar-refractivity contribution is 0.0636. The highest BCUT2D eigenvalue weighted by Crippen LogP contribution is 2.24. The molecule has 0 aliphatic carbocycles. The molecule has 2 aromatic heterocycles. The fourth-order valence-corrected chi connectivity index (χ4v) is 2.84. The molecule has 0 aromatic carbocycles. The van der Waals surface area contributed by atoms with E-state index in [2.05, 4.69) is 5.10 Å². The van der Waals surface area contributed by atoms with Crippen molar-refractivity contribution in [3.8, 4) is 0 Å². The van der Waals surface area contributed by atoms with Gasteiger partial charge in [-0.3, -0.25) is 9.48 Å². The number of carboxylic acid groups (broad SMARTS) is 1. The van der Waals surface area contributed by atoms with Crippen molar-refractivity contribution >= 4 is 11.9 Å². The monoisotopic (exact) mass is 317 g/mol. The van der Waals surface area contributed by atoms with Crippen molar-refractivity contribution in [3.63, 3.8) is 0 Å². The van der Waals surface area contributed by atoms with Gasteiger partial charge in [0.25, 0.3) is 5.91 Å². The van der Waals surface area contributed by atoms with Gasteiger partial charge in [-0.05, 0) is 38.3 Å². The van der Waals surface area contributed by atoms with Crippen molar-refractivity contribution < 1.29 is 19.1 Å². The lowest BCUT2D eigenvalue weighted by Gasteiger charge is -2.32. The van der Waals surface area contributed by atoms with Crippen molar-refractivity contribution in [2.75, 3.05) is 13.1 Å². The van der Waals surface area contributed by atoms with Gasteiger partial charge in [0.1, 0.15) is 5.76 Å². The van der Waals surface area contributed by atoms with Crippen LogP contribution in [-0.2, 0) is 0 Å². The summed E-state index contributed by atoms with van der Waals surface area (Å²) >= 11 is 0. The Morgan fingerprint density at radius 2 is 2.17 bits per heavy atom. The van der Waals surface area contributed by atoms with Gasteiger partial charge in [0.2, 0.25) is 0 Å². The van der Waals surface area contributed by atoms with Gasteiger partial charge in [0, 0.05) is 19.3 Å². The second-order valence-corrected chi connectivity index (χ2v) is 5.91. The average Bonchev–Trinajstić information content (AvgIpc) is 3.15. The fourth-order valence-electron chi connectivity index (χ4n) is 2.84. The molecule has 7 nitrogen and oxygen atoms in total. The molecule has 3 rings (SSSR count). The van der Waals surface area contributed by atoms with E-state index in [1.54, 1.807) is 15.6 Å². The summed E-state index contributed by atoms with van der Waals surface area (Å²) in [7, 11) is 0. The minimum absolute atomic E-state index is 0.0158. The molecule has 0 radical (unpaired) electrons. The van der Waals surface area contributed by atoms with Crippen LogP contribution in [0.25, 0.3) is 0 Å². The molecular formula is C16H19N3O4. The van der Waals surface area contributed by atoms with Crippen LogP contribution >= 0.6 is 0 Å². The number of furan rings is 1. The van der Waals surface area contributed by atoms with Gasteiger partial charge in [-0.2, -0.15) is 5.10 Å². The molecule has 23 heavy (non-hydrogen) atoms. The Hall–Kier alpha value is -2.57. The van der Waals surface area contributed by atoms with Gasteiger partial charge < -0.3 is 14.4 Å². The average molecular weight is 317 g/mol. The van der Waals surface area contributed by atoms with Crippen LogP contribution < -0.4 is 0 Å². The Morgan fingerprint density at radius 3 is 2.78 bits per heavy atom. The zero-order chi connectivity index (χ0) is 16.6. The van der Waals surface area contributed by atoms with Gasteiger partial charge in [-0.1, -0.05) is 0 Å². The maximum atomic E-state index is 12.6. The van der Waals surface area contributed by atoms with Crippen LogP contribution in [0.15, 0.2) is 22.9 Å². The molecule has 2 aromatic rings. The first kappa shape index (κ1) is 15.3. The first-order chi connectivity index (χ1) is 11.0. The third-order valence-electron chi connectivity index (χ3n) is 4.28. The molecule has 122 valence electrons. The third-order valence-corrected chi connectivity index (χ3v) is 4.28. The highest BCUT2D eigenvalue weighted by atomic mass is 16.4. The first-order valence-corrected chi connectivity index (χ1v) is 7.59. The number of carboxylic acids is 1. The summed E-state index contributed by atoms with van der Waals surface area (Å²) in [4.78, 5) is 25.3. The smallest absolute Gasteiger partial charge is 0.338 e. The van der Waals surface area contributed by atoms with Crippen molar-refractivity contribution in [2.24, 2.45) is 0 Å². The van der Waals surface area contributed by atoms with Gasteiger partial charge in [-0.15, -0.1) is 0 Å². The van der Waals surface area contributed by atoms with E-state index in [1.165, 1.54) is 12.4 Å². The summed E-state index contributed by atoms with van der Waals surface area (Å²) in [6.45, 7) is 4.91. The molecule has 1 atom stereocenters. The highest BCUT2D eigenvalue weighted by molar-refractivity contribution is 5.92. The zero-order valence-electron chi connectivity index (χ0n) is 13.2. The minimum Gasteiger partial charge on any atom is -0.478 e. The Labute approximate surface area is 133 Å². The van der Waals surface area contributed by atoms with E-state index in [4.69, 9.17) is 9.52 Å². The first-order valence-electron chi connectivity index (χ1n) is 7.59. The van der Waals surface area contributed by atoms with Gasteiger partial charge in [0.05, 0.1) is 17.8 Å². The Kier molecular flexibility index (Phi) is 3.94. The predicted octanol–water partition coefficient (Wildman–Crippen LogP) is 2.27. The third kappa shape index (κ3) is 2.99. The standard InChI is InChI=1S/C16H19N3O4/c1-10-6-14(23-11(10)2)15(20)18-5-3-4-13(9-18)19-8-12(7-17-19)16(21)22/h6-8,13H,3-5,9H2,1-2H3,(H,21,22). The van der Waals surface area contributed by atoms with Crippen LogP contribution in [0.3, 0.4) is 0 Å². The van der Waals surface area contributed by atoms with Crippen LogP contribution in [0, 0.1) is 13.8 Å². The van der Waals surface area contributed by atoms with Crippen molar-refractivity contribution in [1.82, 2.24) is 14.7 Å². The van der Waals surface area contributed by atoms with Crippen LogP contribution in [-0.4, -0.2) is 44.8 Å². The summed E-state index contributed by atoms with van der Waals surface area (Å²) in [5, 5.41) is 13.1. The van der Waals surface area contributed by atoms with E-state index < -0.39 is 5.97 Å². The number of aryl methyl sites for hydroxylation is 2. The molecule has 0 bridgehead atoms. The molecule has 3 heterocycles. The van der Waals surface area contributed by atoms with Crippen LogP contribution in [0.1, 0.15) is 51.1 Å². The Bertz CT molecular complexity index is 727. The number of piperidine rings is 1. The summed E-state index contributed by atoms with van der Waals surface area (Å²) in [6, 6.07) is 1.75. The lowest BCUT2D eigenvalue weighted by atomic mass is 10.1. The number of likely N-dealkylation sites (tertiary alicyclic amines) is 1. The van der Waals surface area contributed by atoms with Gasteiger partial charge >= 0.3 is 5.97 Å². The van der Waals surface area contributed by atoms with E-state index in [0.29, 0.717) is 18.8 Å². The second kappa shape index (κ2) is 5.91. The Morgan fingerprint density at radius 1 is 1.39 bits per heavy atom. The molecule has 1 fully saturated rings. The molecule has 1 unspecified atom stereocenters. The Balaban J connectivity index is 1.74. The van der Waals surface area contributed by atoms with Crippen LogP contribution in [0.4, 0.5) is 0 Å². The number of carbonyl (C=O) groups is 2. The number of amides is 1. The van der Waals surface area contributed by atoms with E-state index >= 15 is 0 Å². The molecule has 1 aliphatic rings. The highest BCUT2D eigenvalue weighted by Gasteiger charge is 2.28. The van der Waals surface area contributed by atoms with E-state index in [9.17, 15) is 9.59 Å². The zero-order valence-corrected chi connectivity index (χ0v) is 13.2. The number of carbonyl (C=O) groups excluding carboxylic acids is 1. The molecule has 1 aliphatic heterocycles. The molecule has 0 saturated carbocycles. The molecule has 0 spiro atoms. The largest absolute Gasteiger partial charge is 0.478 e. The number of rotatable bonds is 3. The summed E-state index contributed by atoms with van der Waals surface area (Å²) in [5.74, 6) is -0.0227. The van der Waals surface area contributed by atoms with Crippen LogP contribution in [0.5, 0.6) is 0 Å². The van der Waals surface area contributed by atoms with Crippen molar-refractivity contribution in [2.45, 2.75) is 32.7 Å². The maximum Gasteiger partial charge on any atom is 0.338 e. The van der Waals surface area contributed by atoms with Crippen LogP contribution in [0.2, 0.25) is 0 Å². The number of hydrogen-bond acceptors (Lipinski definition) is 4. The van der Waals surface area contributed by atoms with E-state index in [1.807, 2.05) is 13.8 Å². The topological polar surface area (TPSA) is 88.6 Å².